The summed E-state index contributed by atoms with van der Waals surface area (Å²) in [6.45, 7) is 7.20. The quantitative estimate of drug-likeness (QED) is 0.722. The van der Waals surface area contributed by atoms with Gasteiger partial charge in [-0.25, -0.2) is 19.3 Å². The van der Waals surface area contributed by atoms with Crippen molar-refractivity contribution in [3.8, 4) is 0 Å². The predicted octanol–water partition coefficient (Wildman–Crippen LogP) is 3.37. The standard InChI is InChI=1S/C20H24FN5O/c1-3-26(8-6-19-24-16-5-4-15(21)10-18(16)25-19)20-11-17(22-13(2)23-20)14-7-9-27-12-14/h4-5,10-11,14H,3,6-9,12H2,1-2H3,(H,24,25)/t14-/m0/s1. The summed E-state index contributed by atoms with van der Waals surface area (Å²) in [5.74, 6) is 2.67. The molecule has 1 fully saturated rings. The molecule has 2 aromatic heterocycles. The zero-order chi connectivity index (χ0) is 18.8. The number of nitrogens with one attached hydrogen (secondary N) is 1. The van der Waals surface area contributed by atoms with Gasteiger partial charge in [0.05, 0.1) is 23.3 Å². The molecule has 1 aliphatic rings. The van der Waals surface area contributed by atoms with Crippen LogP contribution >= 0.6 is 0 Å². The number of hydrogen-bond donors (Lipinski definition) is 1. The van der Waals surface area contributed by atoms with Crippen LogP contribution in [0.15, 0.2) is 24.3 Å². The molecule has 0 aliphatic carbocycles. The topological polar surface area (TPSA) is 66.9 Å². The molecule has 142 valence electrons. The number of nitrogens with zero attached hydrogens (tertiary/aromatic N) is 4. The van der Waals surface area contributed by atoms with Gasteiger partial charge in [-0.2, -0.15) is 0 Å². The van der Waals surface area contributed by atoms with Gasteiger partial charge in [0.15, 0.2) is 0 Å². The Morgan fingerprint density at radius 1 is 1.26 bits per heavy atom. The van der Waals surface area contributed by atoms with E-state index in [-0.39, 0.29) is 5.82 Å². The highest BCUT2D eigenvalue weighted by Gasteiger charge is 2.21. The molecule has 7 heteroatoms. The molecule has 0 radical (unpaired) electrons. The zero-order valence-corrected chi connectivity index (χ0v) is 15.7. The average molecular weight is 369 g/mol. The molecule has 4 rings (SSSR count). The number of aryl methyl sites for hydroxylation is 1. The number of ether oxygens (including phenoxy) is 1. The second-order valence-electron chi connectivity index (χ2n) is 6.93. The van der Waals surface area contributed by atoms with Crippen molar-refractivity contribution < 1.29 is 9.13 Å². The van der Waals surface area contributed by atoms with E-state index in [0.29, 0.717) is 5.92 Å². The fraction of sp³-hybridized carbons (Fsp3) is 0.450. The smallest absolute Gasteiger partial charge is 0.132 e. The van der Waals surface area contributed by atoms with Crippen LogP contribution in [0.4, 0.5) is 10.2 Å². The highest BCUT2D eigenvalue weighted by atomic mass is 19.1. The Kier molecular flexibility index (Phi) is 5.03. The van der Waals surface area contributed by atoms with Gasteiger partial charge in [0.2, 0.25) is 0 Å². The molecule has 3 heterocycles. The second-order valence-corrected chi connectivity index (χ2v) is 6.93. The van der Waals surface area contributed by atoms with Crippen molar-refractivity contribution in [2.24, 2.45) is 0 Å². The highest BCUT2D eigenvalue weighted by molar-refractivity contribution is 5.74. The molecule has 0 bridgehead atoms. The molecule has 27 heavy (non-hydrogen) atoms. The van der Waals surface area contributed by atoms with Gasteiger partial charge in [0.1, 0.15) is 23.3 Å². The van der Waals surface area contributed by atoms with E-state index in [1.807, 2.05) is 6.92 Å². The van der Waals surface area contributed by atoms with Crippen molar-refractivity contribution in [1.29, 1.82) is 0 Å². The van der Waals surface area contributed by atoms with Gasteiger partial charge in [0.25, 0.3) is 0 Å². The third kappa shape index (κ3) is 3.93. The summed E-state index contributed by atoms with van der Waals surface area (Å²) in [6.07, 6.45) is 1.74. The van der Waals surface area contributed by atoms with Gasteiger partial charge in [-0.3, -0.25) is 0 Å². The van der Waals surface area contributed by atoms with Crippen LogP contribution in [0.2, 0.25) is 0 Å². The Labute approximate surface area is 157 Å². The summed E-state index contributed by atoms with van der Waals surface area (Å²) < 4.78 is 18.9. The Bertz CT molecular complexity index is 935. The Morgan fingerprint density at radius 2 is 2.15 bits per heavy atom. The summed E-state index contributed by atoms with van der Waals surface area (Å²) in [4.78, 5) is 19.2. The Balaban J connectivity index is 1.51. The van der Waals surface area contributed by atoms with E-state index in [2.05, 4.69) is 37.8 Å². The van der Waals surface area contributed by atoms with Gasteiger partial charge in [-0.15, -0.1) is 0 Å². The minimum absolute atomic E-state index is 0.257. The van der Waals surface area contributed by atoms with Gasteiger partial charge in [0, 0.05) is 38.1 Å². The van der Waals surface area contributed by atoms with E-state index in [4.69, 9.17) is 4.74 Å². The van der Waals surface area contributed by atoms with Crippen molar-refractivity contribution in [2.75, 3.05) is 31.2 Å². The first-order chi connectivity index (χ1) is 13.1. The summed E-state index contributed by atoms with van der Waals surface area (Å²) in [7, 11) is 0. The molecular formula is C20H24FN5O. The molecule has 0 saturated carbocycles. The molecule has 6 nitrogen and oxygen atoms in total. The SMILES string of the molecule is CCN(CCc1nc2ccc(F)cc2[nH]1)c1cc([C@H]2CCOC2)nc(C)n1. The molecule has 3 aromatic rings. The maximum atomic E-state index is 13.4. The molecule has 1 atom stereocenters. The zero-order valence-electron chi connectivity index (χ0n) is 15.7. The lowest BCUT2D eigenvalue weighted by Gasteiger charge is -2.23. The van der Waals surface area contributed by atoms with Crippen molar-refractivity contribution in [3.63, 3.8) is 0 Å². The van der Waals surface area contributed by atoms with Crippen molar-refractivity contribution >= 4 is 16.9 Å². The molecule has 1 saturated heterocycles. The summed E-state index contributed by atoms with van der Waals surface area (Å²) in [6, 6.07) is 6.70. The lowest BCUT2D eigenvalue weighted by molar-refractivity contribution is 0.193. The number of imidazole rings is 1. The number of halogens is 1. The number of aromatic amines is 1. The van der Waals surface area contributed by atoms with Gasteiger partial charge < -0.3 is 14.6 Å². The van der Waals surface area contributed by atoms with Crippen LogP contribution in [-0.2, 0) is 11.2 Å². The number of aromatic nitrogens is 4. The van der Waals surface area contributed by atoms with Crippen LogP contribution in [0, 0.1) is 12.7 Å². The third-order valence-electron chi connectivity index (χ3n) is 5.01. The van der Waals surface area contributed by atoms with Crippen molar-refractivity contribution in [2.45, 2.75) is 32.6 Å². The number of fused-ring (bicyclic) bond motifs is 1. The number of benzene rings is 1. The molecular weight excluding hydrogens is 345 g/mol. The first-order valence-corrected chi connectivity index (χ1v) is 9.45. The number of H-pyrrole nitrogens is 1. The first-order valence-electron chi connectivity index (χ1n) is 9.45. The van der Waals surface area contributed by atoms with E-state index in [0.717, 1.165) is 73.3 Å². The first kappa shape index (κ1) is 17.9. The third-order valence-corrected chi connectivity index (χ3v) is 5.01. The Hall–Kier alpha value is -2.54. The minimum Gasteiger partial charge on any atom is -0.381 e. The van der Waals surface area contributed by atoms with E-state index >= 15 is 0 Å². The lowest BCUT2D eigenvalue weighted by atomic mass is 10.0. The number of hydrogen-bond acceptors (Lipinski definition) is 5. The van der Waals surface area contributed by atoms with E-state index < -0.39 is 0 Å². The largest absolute Gasteiger partial charge is 0.381 e. The van der Waals surface area contributed by atoms with Crippen LogP contribution in [0.5, 0.6) is 0 Å². The maximum absolute atomic E-state index is 13.4. The van der Waals surface area contributed by atoms with E-state index in [1.54, 1.807) is 6.07 Å². The molecule has 0 amide bonds. The van der Waals surface area contributed by atoms with Crippen LogP contribution in [0.3, 0.4) is 0 Å². The normalized spacial score (nSPS) is 16.9. The molecule has 1 N–H and O–H groups in total. The Morgan fingerprint density at radius 3 is 2.93 bits per heavy atom. The van der Waals surface area contributed by atoms with Crippen LogP contribution in [0.25, 0.3) is 11.0 Å². The molecule has 0 unspecified atom stereocenters. The number of anilines is 1. The fourth-order valence-corrected chi connectivity index (χ4v) is 3.54. The van der Waals surface area contributed by atoms with Crippen molar-refractivity contribution in [3.05, 3.63) is 47.4 Å². The predicted molar refractivity (Wildman–Crippen MR) is 103 cm³/mol. The van der Waals surface area contributed by atoms with Crippen LogP contribution in [0.1, 0.15) is 36.6 Å². The van der Waals surface area contributed by atoms with Crippen LogP contribution < -0.4 is 4.90 Å². The number of rotatable bonds is 6. The summed E-state index contributed by atoms with van der Waals surface area (Å²) in [5, 5.41) is 0. The van der Waals surface area contributed by atoms with Crippen molar-refractivity contribution in [1.82, 2.24) is 19.9 Å². The lowest BCUT2D eigenvalue weighted by Crippen LogP contribution is -2.27. The minimum atomic E-state index is -0.257. The van der Waals surface area contributed by atoms with Gasteiger partial charge in [-0.05, 0) is 38.5 Å². The average Bonchev–Trinajstić information content (AvgIpc) is 3.31. The summed E-state index contributed by atoms with van der Waals surface area (Å²) >= 11 is 0. The molecule has 1 aliphatic heterocycles. The fourth-order valence-electron chi connectivity index (χ4n) is 3.54. The van der Waals surface area contributed by atoms with E-state index in [1.165, 1.54) is 12.1 Å². The second kappa shape index (κ2) is 7.60. The maximum Gasteiger partial charge on any atom is 0.132 e. The highest BCUT2D eigenvalue weighted by Crippen LogP contribution is 2.26. The monoisotopic (exact) mass is 369 g/mol. The van der Waals surface area contributed by atoms with Gasteiger partial charge >= 0.3 is 0 Å². The van der Waals surface area contributed by atoms with Gasteiger partial charge in [-0.1, -0.05) is 0 Å². The summed E-state index contributed by atoms with van der Waals surface area (Å²) in [5.41, 5.74) is 2.58. The molecule has 0 spiro atoms. The van der Waals surface area contributed by atoms with Crippen LogP contribution in [-0.4, -0.2) is 46.2 Å². The molecule has 1 aromatic carbocycles. The number of likely N-dealkylation sites (N-methyl/N-ethyl adjacent to an activating group) is 1. The van der Waals surface area contributed by atoms with E-state index in [9.17, 15) is 4.39 Å².